The van der Waals surface area contributed by atoms with Gasteiger partial charge in [0.1, 0.15) is 11.8 Å². The molecular formula is C10H9N3O3. The number of phenolic OH excluding ortho intramolecular Hbond substituents is 1. The second-order valence-corrected chi connectivity index (χ2v) is 2.79. The smallest absolute Gasteiger partial charge is 0.347 e. The van der Waals surface area contributed by atoms with Gasteiger partial charge in [-0.1, -0.05) is 0 Å². The molecule has 0 aliphatic carbocycles. The van der Waals surface area contributed by atoms with Crippen LogP contribution >= 0.6 is 0 Å². The van der Waals surface area contributed by atoms with E-state index in [1.165, 1.54) is 31.4 Å². The van der Waals surface area contributed by atoms with Crippen LogP contribution in [0.1, 0.15) is 0 Å². The van der Waals surface area contributed by atoms with Crippen molar-refractivity contribution in [1.82, 2.24) is 0 Å². The lowest BCUT2D eigenvalue weighted by Crippen LogP contribution is -2.17. The van der Waals surface area contributed by atoms with Crippen LogP contribution in [0.2, 0.25) is 0 Å². The highest BCUT2D eigenvalue weighted by Crippen LogP contribution is 2.17. The predicted octanol–water partition coefficient (Wildman–Crippen LogP) is 1.54. The van der Waals surface area contributed by atoms with Gasteiger partial charge in [0.25, 0.3) is 6.04 Å². The number of benzene rings is 1. The Balaban J connectivity index is 2.76. The van der Waals surface area contributed by atoms with Crippen molar-refractivity contribution in [1.29, 1.82) is 5.26 Å². The standard InChI is InChI=1S/C10H9N3O3/c1-16-10(15)9(6-11)13-12-7-2-4-8(14)5-3-7/h2-5,9,14H,1H3. The van der Waals surface area contributed by atoms with E-state index < -0.39 is 12.0 Å². The highest BCUT2D eigenvalue weighted by atomic mass is 16.5. The summed E-state index contributed by atoms with van der Waals surface area (Å²) < 4.78 is 4.36. The van der Waals surface area contributed by atoms with Gasteiger partial charge in [0.15, 0.2) is 0 Å². The van der Waals surface area contributed by atoms with Gasteiger partial charge in [0, 0.05) is 0 Å². The average Bonchev–Trinajstić information content (AvgIpc) is 2.31. The topological polar surface area (TPSA) is 95.0 Å². The quantitative estimate of drug-likeness (QED) is 0.616. The number of azo groups is 1. The summed E-state index contributed by atoms with van der Waals surface area (Å²) >= 11 is 0. The zero-order valence-electron chi connectivity index (χ0n) is 8.49. The van der Waals surface area contributed by atoms with Crippen LogP contribution in [-0.2, 0) is 9.53 Å². The van der Waals surface area contributed by atoms with E-state index in [1.807, 2.05) is 0 Å². The van der Waals surface area contributed by atoms with E-state index >= 15 is 0 Å². The Labute approximate surface area is 91.8 Å². The molecule has 1 N–H and O–H groups in total. The van der Waals surface area contributed by atoms with Crippen molar-refractivity contribution in [3.05, 3.63) is 24.3 Å². The van der Waals surface area contributed by atoms with Crippen LogP contribution in [0.25, 0.3) is 0 Å². The molecule has 0 saturated heterocycles. The van der Waals surface area contributed by atoms with E-state index in [1.54, 1.807) is 6.07 Å². The van der Waals surface area contributed by atoms with Gasteiger partial charge >= 0.3 is 5.97 Å². The van der Waals surface area contributed by atoms with Gasteiger partial charge in [-0.2, -0.15) is 15.5 Å². The predicted molar refractivity (Wildman–Crippen MR) is 54.0 cm³/mol. The van der Waals surface area contributed by atoms with Crippen molar-refractivity contribution in [2.45, 2.75) is 6.04 Å². The minimum absolute atomic E-state index is 0.101. The Bertz CT molecular complexity index is 434. The molecule has 1 unspecified atom stereocenters. The lowest BCUT2D eigenvalue weighted by molar-refractivity contribution is -0.140. The van der Waals surface area contributed by atoms with Gasteiger partial charge in [-0.25, -0.2) is 4.79 Å². The average molecular weight is 219 g/mol. The Morgan fingerprint density at radius 3 is 2.62 bits per heavy atom. The van der Waals surface area contributed by atoms with Gasteiger partial charge in [0.2, 0.25) is 0 Å². The number of carbonyl (C=O) groups is 1. The first-order valence-corrected chi connectivity index (χ1v) is 4.34. The molecule has 6 nitrogen and oxygen atoms in total. The number of nitriles is 1. The Morgan fingerprint density at radius 1 is 1.50 bits per heavy atom. The second-order valence-electron chi connectivity index (χ2n) is 2.79. The molecule has 0 aliphatic heterocycles. The highest BCUT2D eigenvalue weighted by molar-refractivity contribution is 5.78. The van der Waals surface area contributed by atoms with Crippen LogP contribution in [0.5, 0.6) is 5.75 Å². The van der Waals surface area contributed by atoms with Crippen LogP contribution in [-0.4, -0.2) is 24.2 Å². The van der Waals surface area contributed by atoms with Gasteiger partial charge < -0.3 is 9.84 Å². The van der Waals surface area contributed by atoms with Crippen LogP contribution in [0.15, 0.2) is 34.5 Å². The maximum atomic E-state index is 11.0. The zero-order chi connectivity index (χ0) is 12.0. The van der Waals surface area contributed by atoms with Crippen molar-refractivity contribution in [3.63, 3.8) is 0 Å². The lowest BCUT2D eigenvalue weighted by Gasteiger charge is -1.99. The number of methoxy groups -OCH3 is 1. The number of ether oxygens (including phenoxy) is 1. The molecule has 0 saturated carbocycles. The Hall–Kier alpha value is -2.42. The molecule has 16 heavy (non-hydrogen) atoms. The Kier molecular flexibility index (Phi) is 3.98. The van der Waals surface area contributed by atoms with E-state index in [0.29, 0.717) is 5.69 Å². The third-order valence-corrected chi connectivity index (χ3v) is 1.69. The fourth-order valence-electron chi connectivity index (χ4n) is 0.881. The number of esters is 1. The van der Waals surface area contributed by atoms with Crippen LogP contribution < -0.4 is 0 Å². The third-order valence-electron chi connectivity index (χ3n) is 1.69. The van der Waals surface area contributed by atoms with Gasteiger partial charge in [0.05, 0.1) is 12.8 Å². The summed E-state index contributed by atoms with van der Waals surface area (Å²) in [5, 5.41) is 24.8. The first kappa shape index (κ1) is 11.7. The summed E-state index contributed by atoms with van der Waals surface area (Å²) in [6.07, 6.45) is 0. The summed E-state index contributed by atoms with van der Waals surface area (Å²) in [7, 11) is 1.17. The van der Waals surface area contributed by atoms with E-state index in [2.05, 4.69) is 15.0 Å². The molecular weight excluding hydrogens is 210 g/mol. The molecule has 0 fully saturated rings. The maximum Gasteiger partial charge on any atom is 0.347 e. The van der Waals surface area contributed by atoms with Crippen LogP contribution in [0, 0.1) is 11.3 Å². The first-order chi connectivity index (χ1) is 7.67. The number of phenols is 1. The molecule has 0 heterocycles. The summed E-state index contributed by atoms with van der Waals surface area (Å²) in [5.41, 5.74) is 0.432. The Morgan fingerprint density at radius 2 is 2.12 bits per heavy atom. The monoisotopic (exact) mass is 219 g/mol. The minimum Gasteiger partial charge on any atom is -0.508 e. The van der Waals surface area contributed by atoms with Crippen LogP contribution in [0.3, 0.4) is 0 Å². The number of hydrogen-bond acceptors (Lipinski definition) is 6. The molecule has 0 amide bonds. The van der Waals surface area contributed by atoms with Crippen molar-refractivity contribution < 1.29 is 14.6 Å². The SMILES string of the molecule is COC(=O)C(C#N)N=Nc1ccc(O)cc1. The van der Waals surface area contributed by atoms with Crippen molar-refractivity contribution in [3.8, 4) is 11.8 Å². The summed E-state index contributed by atoms with van der Waals surface area (Å²) in [6, 6.07) is 6.24. The second kappa shape index (κ2) is 5.46. The number of hydrogen-bond donors (Lipinski definition) is 1. The van der Waals surface area contributed by atoms with Crippen molar-refractivity contribution in [2.75, 3.05) is 7.11 Å². The summed E-state index contributed by atoms with van der Waals surface area (Å²) in [6.45, 7) is 0. The molecule has 1 aromatic carbocycles. The van der Waals surface area contributed by atoms with E-state index in [4.69, 9.17) is 10.4 Å². The third kappa shape index (κ3) is 3.06. The molecule has 0 bridgehead atoms. The minimum atomic E-state index is -1.26. The first-order valence-electron chi connectivity index (χ1n) is 4.34. The van der Waals surface area contributed by atoms with Gasteiger partial charge in [-0.15, -0.1) is 0 Å². The molecule has 6 heteroatoms. The largest absolute Gasteiger partial charge is 0.508 e. The van der Waals surface area contributed by atoms with Crippen LogP contribution in [0.4, 0.5) is 5.69 Å². The fraction of sp³-hybridized carbons (Fsp3) is 0.200. The summed E-state index contributed by atoms with van der Waals surface area (Å²) in [4.78, 5) is 11.0. The molecule has 0 aliphatic rings. The lowest BCUT2D eigenvalue weighted by atomic mass is 10.3. The number of rotatable bonds is 3. The molecule has 0 aromatic heterocycles. The van der Waals surface area contributed by atoms with Crippen molar-refractivity contribution in [2.24, 2.45) is 10.2 Å². The molecule has 0 radical (unpaired) electrons. The zero-order valence-corrected chi connectivity index (χ0v) is 8.49. The molecule has 1 aromatic rings. The number of nitrogens with zero attached hydrogens (tertiary/aromatic N) is 3. The van der Waals surface area contributed by atoms with E-state index in [-0.39, 0.29) is 5.75 Å². The molecule has 0 spiro atoms. The van der Waals surface area contributed by atoms with Crippen molar-refractivity contribution >= 4 is 11.7 Å². The number of aromatic hydroxyl groups is 1. The van der Waals surface area contributed by atoms with Gasteiger partial charge in [-0.3, -0.25) is 0 Å². The number of carbonyl (C=O) groups excluding carboxylic acids is 1. The highest BCUT2D eigenvalue weighted by Gasteiger charge is 2.16. The maximum absolute atomic E-state index is 11.0. The van der Waals surface area contributed by atoms with E-state index in [0.717, 1.165) is 0 Å². The van der Waals surface area contributed by atoms with E-state index in [9.17, 15) is 4.79 Å². The molecule has 82 valence electrons. The summed E-state index contributed by atoms with van der Waals surface area (Å²) in [5.74, 6) is -0.659. The molecule has 1 rings (SSSR count). The fourth-order valence-corrected chi connectivity index (χ4v) is 0.881. The molecule has 1 atom stereocenters. The normalized spacial score (nSPS) is 12.0. The van der Waals surface area contributed by atoms with Gasteiger partial charge in [-0.05, 0) is 24.3 Å².